The number of aliphatic hydroxyl groups is 1. The summed E-state index contributed by atoms with van der Waals surface area (Å²) in [5.41, 5.74) is 3.01. The third-order valence-corrected chi connectivity index (χ3v) is 4.52. The maximum Gasteiger partial charge on any atom is 0.373 e. The van der Waals surface area contributed by atoms with E-state index >= 15 is 0 Å². The monoisotopic (exact) mass is 405 g/mol. The number of fused-ring (bicyclic) bond motifs is 1. The Labute approximate surface area is 174 Å². The first-order valence-corrected chi connectivity index (χ1v) is 9.52. The molecule has 3 aromatic rings. The summed E-state index contributed by atoms with van der Waals surface area (Å²) >= 11 is 0. The van der Waals surface area contributed by atoms with Crippen LogP contribution in [0, 0.1) is 0 Å². The maximum atomic E-state index is 12.1. The quantitative estimate of drug-likeness (QED) is 0.344. The summed E-state index contributed by atoms with van der Waals surface area (Å²) in [5, 5.41) is 10.6. The van der Waals surface area contributed by atoms with E-state index in [1.54, 1.807) is 20.1 Å². The average molecular weight is 405 g/mol. The van der Waals surface area contributed by atoms with E-state index in [9.17, 15) is 14.7 Å². The van der Waals surface area contributed by atoms with Crippen LogP contribution >= 0.6 is 0 Å². The highest BCUT2D eigenvalue weighted by molar-refractivity contribution is 6.06. The molecular weight excluding hydrogens is 382 g/mol. The Morgan fingerprint density at radius 1 is 1.10 bits per heavy atom. The van der Waals surface area contributed by atoms with Crippen molar-refractivity contribution >= 4 is 28.7 Å². The van der Waals surface area contributed by atoms with Crippen LogP contribution in [0.15, 0.2) is 72.6 Å². The number of methoxy groups -OCH3 is 1. The number of hydrogen-bond acceptors (Lipinski definition) is 5. The van der Waals surface area contributed by atoms with Crippen molar-refractivity contribution in [2.24, 2.45) is 0 Å². The van der Waals surface area contributed by atoms with Gasteiger partial charge in [-0.3, -0.25) is 4.79 Å². The molecule has 2 aromatic carbocycles. The van der Waals surface area contributed by atoms with Gasteiger partial charge in [0.05, 0.1) is 13.7 Å². The molecule has 1 N–H and O–H groups in total. The van der Waals surface area contributed by atoms with E-state index in [1.807, 2.05) is 54.7 Å². The van der Waals surface area contributed by atoms with Crippen molar-refractivity contribution in [3.63, 3.8) is 0 Å². The Bertz CT molecular complexity index is 1110. The fourth-order valence-electron chi connectivity index (χ4n) is 3.09. The molecule has 0 aliphatic heterocycles. The van der Waals surface area contributed by atoms with Gasteiger partial charge in [0.2, 0.25) is 5.76 Å². The lowest BCUT2D eigenvalue weighted by Crippen LogP contribution is -2.08. The van der Waals surface area contributed by atoms with Gasteiger partial charge in [0, 0.05) is 35.3 Å². The van der Waals surface area contributed by atoms with Gasteiger partial charge < -0.3 is 19.1 Å². The number of carbonyl (C=O) groups is 2. The fraction of sp³-hybridized carbons (Fsp3) is 0.167. The van der Waals surface area contributed by atoms with Gasteiger partial charge in [-0.25, -0.2) is 4.79 Å². The second kappa shape index (κ2) is 9.60. The number of esters is 1. The van der Waals surface area contributed by atoms with Gasteiger partial charge in [-0.15, -0.1) is 0 Å². The van der Waals surface area contributed by atoms with E-state index in [1.165, 1.54) is 6.08 Å². The molecule has 0 atom stereocenters. The minimum absolute atomic E-state index is 0.120. The Hall–Kier alpha value is -3.80. The molecule has 0 amide bonds. The van der Waals surface area contributed by atoms with Crippen molar-refractivity contribution in [1.29, 1.82) is 0 Å². The first-order valence-electron chi connectivity index (χ1n) is 9.52. The maximum absolute atomic E-state index is 12.1. The number of rotatable bonds is 8. The number of nitrogens with zero attached hydrogens (tertiary/aromatic N) is 1. The van der Waals surface area contributed by atoms with Crippen LogP contribution in [0.3, 0.4) is 0 Å². The van der Waals surface area contributed by atoms with Gasteiger partial charge in [0.15, 0.2) is 5.78 Å². The summed E-state index contributed by atoms with van der Waals surface area (Å²) in [5.74, 6) is -1.34. The number of hydrogen-bond donors (Lipinski definition) is 1. The minimum atomic E-state index is -0.921. The van der Waals surface area contributed by atoms with E-state index in [-0.39, 0.29) is 6.61 Å². The van der Waals surface area contributed by atoms with E-state index in [2.05, 4.69) is 9.30 Å². The number of para-hydroxylation sites is 1. The summed E-state index contributed by atoms with van der Waals surface area (Å²) in [6.45, 7) is 2.40. The smallest absolute Gasteiger partial charge is 0.373 e. The Morgan fingerprint density at radius 2 is 1.83 bits per heavy atom. The summed E-state index contributed by atoms with van der Waals surface area (Å²) < 4.78 is 12.0. The molecule has 0 spiro atoms. The van der Waals surface area contributed by atoms with E-state index in [0.29, 0.717) is 6.54 Å². The van der Waals surface area contributed by atoms with Crippen LogP contribution in [-0.4, -0.2) is 35.1 Å². The second-order valence-electron chi connectivity index (χ2n) is 6.56. The topological polar surface area (TPSA) is 77.8 Å². The lowest BCUT2D eigenvalue weighted by molar-refractivity contribution is -0.141. The first kappa shape index (κ1) is 20.9. The molecule has 154 valence electrons. The molecule has 0 saturated heterocycles. The summed E-state index contributed by atoms with van der Waals surface area (Å²) in [6.07, 6.45) is 5.80. The standard InChI is InChI=1S/C24H23NO5/c1-3-30-24(28)23(27)14-19(26)11-10-18-16-25(22-7-5-4-6-21(18)22)15-17-8-12-20(29-2)13-9-17/h4-14,16,27H,3,15H2,1-2H3/b11-10+,23-14-. The number of ketones is 1. The third kappa shape index (κ3) is 4.97. The second-order valence-corrected chi connectivity index (χ2v) is 6.56. The third-order valence-electron chi connectivity index (χ3n) is 4.52. The number of allylic oxidation sites excluding steroid dienone is 2. The number of benzene rings is 2. The molecule has 1 aromatic heterocycles. The molecular formula is C24H23NO5. The predicted molar refractivity (Wildman–Crippen MR) is 115 cm³/mol. The molecule has 3 rings (SSSR count). The van der Waals surface area contributed by atoms with Crippen LogP contribution in [0.25, 0.3) is 17.0 Å². The molecule has 0 unspecified atom stereocenters. The van der Waals surface area contributed by atoms with Crippen LogP contribution in [-0.2, 0) is 20.9 Å². The summed E-state index contributed by atoms with van der Waals surface area (Å²) in [6, 6.07) is 15.8. The molecule has 0 bridgehead atoms. The van der Waals surface area contributed by atoms with Crippen molar-refractivity contribution in [2.75, 3.05) is 13.7 Å². The van der Waals surface area contributed by atoms with Gasteiger partial charge in [0.25, 0.3) is 0 Å². The van der Waals surface area contributed by atoms with Crippen LogP contribution in [0.5, 0.6) is 5.75 Å². The van der Waals surface area contributed by atoms with Crippen LogP contribution in [0.2, 0.25) is 0 Å². The Balaban J connectivity index is 1.84. The van der Waals surface area contributed by atoms with Crippen molar-refractivity contribution in [3.8, 4) is 5.75 Å². The van der Waals surface area contributed by atoms with Crippen LogP contribution < -0.4 is 4.74 Å². The molecule has 0 saturated carbocycles. The van der Waals surface area contributed by atoms with Crippen molar-refractivity contribution in [1.82, 2.24) is 4.57 Å². The van der Waals surface area contributed by atoms with Crippen molar-refractivity contribution in [2.45, 2.75) is 13.5 Å². The normalized spacial score (nSPS) is 11.7. The van der Waals surface area contributed by atoms with Crippen molar-refractivity contribution < 1.29 is 24.2 Å². The Morgan fingerprint density at radius 3 is 2.53 bits per heavy atom. The SMILES string of the molecule is CCOC(=O)/C(O)=C/C(=O)/C=C/c1cn(Cc2ccc(OC)cc2)c2ccccc12. The molecule has 0 aliphatic carbocycles. The van der Waals surface area contributed by atoms with Gasteiger partial charge in [-0.1, -0.05) is 30.3 Å². The average Bonchev–Trinajstić information content (AvgIpc) is 3.10. The number of aromatic nitrogens is 1. The minimum Gasteiger partial charge on any atom is -0.502 e. The fourth-order valence-corrected chi connectivity index (χ4v) is 3.09. The number of ether oxygens (including phenoxy) is 2. The van der Waals surface area contributed by atoms with E-state index in [0.717, 1.165) is 33.9 Å². The van der Waals surface area contributed by atoms with Gasteiger partial charge in [-0.05, 0) is 42.8 Å². The van der Waals surface area contributed by atoms with Crippen LogP contribution in [0.1, 0.15) is 18.1 Å². The zero-order valence-corrected chi connectivity index (χ0v) is 16.9. The lowest BCUT2D eigenvalue weighted by atomic mass is 10.1. The Kier molecular flexibility index (Phi) is 6.70. The highest BCUT2D eigenvalue weighted by Gasteiger charge is 2.10. The number of carbonyl (C=O) groups excluding carboxylic acids is 2. The predicted octanol–water partition coefficient (Wildman–Crippen LogP) is 4.29. The molecule has 6 heteroatoms. The molecule has 0 aliphatic rings. The highest BCUT2D eigenvalue weighted by atomic mass is 16.5. The van der Waals surface area contributed by atoms with E-state index in [4.69, 9.17) is 4.74 Å². The molecule has 1 heterocycles. The molecule has 30 heavy (non-hydrogen) atoms. The lowest BCUT2D eigenvalue weighted by Gasteiger charge is -2.06. The largest absolute Gasteiger partial charge is 0.502 e. The van der Waals surface area contributed by atoms with Crippen LogP contribution in [0.4, 0.5) is 0 Å². The van der Waals surface area contributed by atoms with Gasteiger partial charge in [-0.2, -0.15) is 0 Å². The van der Waals surface area contributed by atoms with Crippen molar-refractivity contribution in [3.05, 3.63) is 83.8 Å². The van der Waals surface area contributed by atoms with E-state index < -0.39 is 17.5 Å². The van der Waals surface area contributed by atoms with Gasteiger partial charge in [0.1, 0.15) is 5.75 Å². The zero-order chi connectivity index (χ0) is 21.5. The zero-order valence-electron chi connectivity index (χ0n) is 16.9. The molecule has 0 fully saturated rings. The summed E-state index contributed by atoms with van der Waals surface area (Å²) in [4.78, 5) is 23.5. The number of aliphatic hydroxyl groups excluding tert-OH is 1. The molecule has 6 nitrogen and oxygen atoms in total. The highest BCUT2D eigenvalue weighted by Crippen LogP contribution is 2.24. The summed E-state index contributed by atoms with van der Waals surface area (Å²) in [7, 11) is 1.63. The van der Waals surface area contributed by atoms with Gasteiger partial charge >= 0.3 is 5.97 Å². The first-order chi connectivity index (χ1) is 14.5. The molecule has 0 radical (unpaired) electrons.